The van der Waals surface area contributed by atoms with Gasteiger partial charge in [-0.25, -0.2) is 0 Å². The highest BCUT2D eigenvalue weighted by Crippen LogP contribution is 2.16. The molecule has 0 saturated heterocycles. The standard InChI is InChI=1S/C16H20N2O2/c1-12(2)14-6-4-13(5-7-14)10-15(11-17)16(19)18-8-9-20-3/h4-7,10,12H,8-9H2,1-3H3,(H,18,19)/b15-10+. The first-order valence-electron chi connectivity index (χ1n) is 6.57. The molecule has 1 N–H and O–H groups in total. The average Bonchev–Trinajstić information content (AvgIpc) is 2.45. The molecule has 0 saturated carbocycles. The van der Waals surface area contributed by atoms with Gasteiger partial charge in [0.1, 0.15) is 11.6 Å². The van der Waals surface area contributed by atoms with Crippen molar-refractivity contribution in [3.8, 4) is 6.07 Å². The van der Waals surface area contributed by atoms with E-state index in [-0.39, 0.29) is 11.5 Å². The first-order valence-corrected chi connectivity index (χ1v) is 6.57. The summed E-state index contributed by atoms with van der Waals surface area (Å²) >= 11 is 0. The Kier molecular flexibility index (Phi) is 6.48. The maximum absolute atomic E-state index is 11.8. The fourth-order valence-electron chi connectivity index (χ4n) is 1.65. The lowest BCUT2D eigenvalue weighted by molar-refractivity contribution is -0.117. The summed E-state index contributed by atoms with van der Waals surface area (Å²) in [6.45, 7) is 5.05. The van der Waals surface area contributed by atoms with Crippen LogP contribution in [0.2, 0.25) is 0 Å². The van der Waals surface area contributed by atoms with Gasteiger partial charge in [-0.05, 0) is 23.1 Å². The molecule has 0 bridgehead atoms. The second-order valence-corrected chi connectivity index (χ2v) is 4.74. The smallest absolute Gasteiger partial charge is 0.262 e. The summed E-state index contributed by atoms with van der Waals surface area (Å²) in [5, 5.41) is 11.7. The molecular formula is C16H20N2O2. The van der Waals surface area contributed by atoms with Gasteiger partial charge in [-0.2, -0.15) is 5.26 Å². The Balaban J connectivity index is 2.78. The van der Waals surface area contributed by atoms with Crippen LogP contribution in [0.1, 0.15) is 30.9 Å². The van der Waals surface area contributed by atoms with Crippen LogP contribution in [0.5, 0.6) is 0 Å². The number of methoxy groups -OCH3 is 1. The normalized spacial score (nSPS) is 11.2. The Bertz CT molecular complexity index is 510. The van der Waals surface area contributed by atoms with Gasteiger partial charge in [-0.1, -0.05) is 38.1 Å². The number of nitriles is 1. The SMILES string of the molecule is COCCNC(=O)/C(C#N)=C/c1ccc(C(C)C)cc1. The molecule has 0 atom stereocenters. The number of rotatable bonds is 6. The Hall–Kier alpha value is -2.12. The van der Waals surface area contributed by atoms with Gasteiger partial charge in [0.25, 0.3) is 5.91 Å². The predicted octanol–water partition coefficient (Wildman–Crippen LogP) is 2.48. The van der Waals surface area contributed by atoms with Gasteiger partial charge in [-0.3, -0.25) is 4.79 Å². The number of hydrogen-bond donors (Lipinski definition) is 1. The van der Waals surface area contributed by atoms with Crippen LogP contribution in [0.25, 0.3) is 6.08 Å². The molecule has 20 heavy (non-hydrogen) atoms. The number of ether oxygens (including phenoxy) is 1. The van der Waals surface area contributed by atoms with Crippen LogP contribution in [-0.4, -0.2) is 26.2 Å². The predicted molar refractivity (Wildman–Crippen MR) is 79.0 cm³/mol. The van der Waals surface area contributed by atoms with Crippen molar-refractivity contribution >= 4 is 12.0 Å². The zero-order valence-electron chi connectivity index (χ0n) is 12.1. The number of carbonyl (C=O) groups is 1. The second kappa shape index (κ2) is 8.13. The Labute approximate surface area is 120 Å². The van der Waals surface area contributed by atoms with Gasteiger partial charge >= 0.3 is 0 Å². The van der Waals surface area contributed by atoms with Crippen molar-refractivity contribution in [1.82, 2.24) is 5.32 Å². The third-order valence-electron chi connectivity index (χ3n) is 2.87. The van der Waals surface area contributed by atoms with Crippen molar-refractivity contribution in [3.05, 3.63) is 41.0 Å². The van der Waals surface area contributed by atoms with E-state index >= 15 is 0 Å². The lowest BCUT2D eigenvalue weighted by atomic mass is 10.0. The Morgan fingerprint density at radius 2 is 2.05 bits per heavy atom. The van der Waals surface area contributed by atoms with Crippen LogP contribution in [-0.2, 0) is 9.53 Å². The molecule has 0 fully saturated rings. The highest BCUT2D eigenvalue weighted by molar-refractivity contribution is 6.01. The summed E-state index contributed by atoms with van der Waals surface area (Å²) < 4.78 is 4.84. The van der Waals surface area contributed by atoms with Crippen LogP contribution in [0.3, 0.4) is 0 Å². The number of benzene rings is 1. The van der Waals surface area contributed by atoms with Crippen molar-refractivity contribution in [1.29, 1.82) is 5.26 Å². The highest BCUT2D eigenvalue weighted by Gasteiger charge is 2.08. The average molecular weight is 272 g/mol. The van der Waals surface area contributed by atoms with E-state index in [1.54, 1.807) is 13.2 Å². The molecule has 0 aliphatic carbocycles. The topological polar surface area (TPSA) is 62.1 Å². The molecule has 0 aliphatic rings. The molecule has 0 radical (unpaired) electrons. The number of amides is 1. The molecule has 106 valence electrons. The summed E-state index contributed by atoms with van der Waals surface area (Å²) in [6.07, 6.45) is 1.59. The molecule has 1 amide bonds. The minimum Gasteiger partial charge on any atom is -0.383 e. The summed E-state index contributed by atoms with van der Waals surface area (Å²) in [4.78, 5) is 11.8. The monoisotopic (exact) mass is 272 g/mol. The summed E-state index contributed by atoms with van der Waals surface area (Å²) in [5.74, 6) is 0.0818. The minimum absolute atomic E-state index is 0.0957. The van der Waals surface area contributed by atoms with Crippen LogP contribution >= 0.6 is 0 Å². The van der Waals surface area contributed by atoms with Gasteiger partial charge in [-0.15, -0.1) is 0 Å². The maximum atomic E-state index is 11.8. The third-order valence-corrected chi connectivity index (χ3v) is 2.87. The zero-order valence-corrected chi connectivity index (χ0v) is 12.1. The summed E-state index contributed by atoms with van der Waals surface area (Å²) in [6, 6.07) is 9.76. The lowest BCUT2D eigenvalue weighted by Crippen LogP contribution is -2.27. The molecule has 4 nitrogen and oxygen atoms in total. The van der Waals surface area contributed by atoms with Gasteiger partial charge in [0.15, 0.2) is 0 Å². The molecule has 0 spiro atoms. The van der Waals surface area contributed by atoms with Crippen LogP contribution in [0.15, 0.2) is 29.8 Å². The van der Waals surface area contributed by atoms with Crippen LogP contribution in [0.4, 0.5) is 0 Å². The van der Waals surface area contributed by atoms with Crippen molar-refractivity contribution in [2.45, 2.75) is 19.8 Å². The van der Waals surface area contributed by atoms with E-state index in [9.17, 15) is 4.79 Å². The van der Waals surface area contributed by atoms with Crippen LogP contribution < -0.4 is 5.32 Å². The molecule has 0 aromatic heterocycles. The van der Waals surface area contributed by atoms with Crippen molar-refractivity contribution in [3.63, 3.8) is 0 Å². The Morgan fingerprint density at radius 3 is 2.55 bits per heavy atom. The minimum atomic E-state index is -0.377. The second-order valence-electron chi connectivity index (χ2n) is 4.74. The molecule has 1 aromatic carbocycles. The van der Waals surface area contributed by atoms with Gasteiger partial charge in [0, 0.05) is 13.7 Å². The van der Waals surface area contributed by atoms with Gasteiger partial charge in [0.05, 0.1) is 6.61 Å². The fraction of sp³-hybridized carbons (Fsp3) is 0.375. The highest BCUT2D eigenvalue weighted by atomic mass is 16.5. The van der Waals surface area contributed by atoms with E-state index in [0.717, 1.165) is 5.56 Å². The van der Waals surface area contributed by atoms with E-state index in [1.807, 2.05) is 30.3 Å². The Morgan fingerprint density at radius 1 is 1.40 bits per heavy atom. The van der Waals surface area contributed by atoms with E-state index in [2.05, 4.69) is 19.2 Å². The molecular weight excluding hydrogens is 252 g/mol. The zero-order chi connectivity index (χ0) is 15.0. The fourth-order valence-corrected chi connectivity index (χ4v) is 1.65. The third kappa shape index (κ3) is 4.87. The van der Waals surface area contributed by atoms with E-state index in [0.29, 0.717) is 19.1 Å². The number of nitrogens with one attached hydrogen (secondary N) is 1. The van der Waals surface area contributed by atoms with E-state index in [1.165, 1.54) is 5.56 Å². The molecule has 1 rings (SSSR count). The lowest BCUT2D eigenvalue weighted by Gasteiger charge is -2.06. The maximum Gasteiger partial charge on any atom is 0.262 e. The van der Waals surface area contributed by atoms with Crippen molar-refractivity contribution in [2.24, 2.45) is 0 Å². The van der Waals surface area contributed by atoms with E-state index in [4.69, 9.17) is 10.00 Å². The van der Waals surface area contributed by atoms with Gasteiger partial charge < -0.3 is 10.1 Å². The first-order chi connectivity index (χ1) is 9.58. The van der Waals surface area contributed by atoms with Gasteiger partial charge in [0.2, 0.25) is 0 Å². The van der Waals surface area contributed by atoms with Crippen molar-refractivity contribution in [2.75, 3.05) is 20.3 Å². The molecule has 1 aromatic rings. The van der Waals surface area contributed by atoms with Crippen molar-refractivity contribution < 1.29 is 9.53 Å². The van der Waals surface area contributed by atoms with Crippen LogP contribution in [0, 0.1) is 11.3 Å². The molecule has 0 aliphatic heterocycles. The number of nitrogens with zero attached hydrogens (tertiary/aromatic N) is 1. The summed E-state index contributed by atoms with van der Waals surface area (Å²) in [7, 11) is 1.56. The largest absolute Gasteiger partial charge is 0.383 e. The quantitative estimate of drug-likeness (QED) is 0.491. The number of hydrogen-bond acceptors (Lipinski definition) is 3. The number of carbonyl (C=O) groups excluding carboxylic acids is 1. The van der Waals surface area contributed by atoms with E-state index < -0.39 is 0 Å². The molecule has 0 heterocycles. The first kappa shape index (κ1) is 15.9. The molecule has 4 heteroatoms. The summed E-state index contributed by atoms with van der Waals surface area (Å²) in [5.41, 5.74) is 2.16. The molecule has 0 unspecified atom stereocenters.